The zero-order valence-electron chi connectivity index (χ0n) is 20.6. The van der Waals surface area contributed by atoms with Gasteiger partial charge in [-0.05, 0) is 43.2 Å². The molecule has 0 spiro atoms. The predicted molar refractivity (Wildman–Crippen MR) is 136 cm³/mol. The van der Waals surface area contributed by atoms with Crippen molar-refractivity contribution in [1.82, 2.24) is 29.9 Å². The molecule has 1 N–H and O–H groups in total. The van der Waals surface area contributed by atoms with Gasteiger partial charge in [0.05, 0.1) is 25.5 Å². The second-order valence-electron chi connectivity index (χ2n) is 8.74. The van der Waals surface area contributed by atoms with Crippen LogP contribution in [-0.4, -0.2) is 51.2 Å². The molecule has 0 aliphatic carbocycles. The van der Waals surface area contributed by atoms with E-state index in [1.165, 1.54) is 6.42 Å². The molecule has 3 heterocycles. The standard InChI is InChI=1S/C27H30N6O3/c1-35-22-13-12-19(17-23(22)36-2)26-21(18-33(31-26)20-9-5-3-6-10-20)27(34)28-15-14-25-30-29-24-11-7-4-8-16-32(24)25/h3,5-6,9-10,12-13,17-18H,4,7-8,11,14-16H2,1-2H3,(H,28,34). The molecule has 9 heteroatoms. The second kappa shape index (κ2) is 10.6. The largest absolute Gasteiger partial charge is 0.493 e. The monoisotopic (exact) mass is 486 g/mol. The molecule has 2 aromatic heterocycles. The lowest BCUT2D eigenvalue weighted by Gasteiger charge is -2.10. The van der Waals surface area contributed by atoms with Gasteiger partial charge in [-0.15, -0.1) is 10.2 Å². The Kier molecular flexibility index (Phi) is 6.97. The number of para-hydroxylation sites is 1. The molecule has 0 atom stereocenters. The van der Waals surface area contributed by atoms with Crippen molar-refractivity contribution in [1.29, 1.82) is 0 Å². The maximum atomic E-state index is 13.4. The van der Waals surface area contributed by atoms with Crippen LogP contribution in [-0.2, 0) is 19.4 Å². The predicted octanol–water partition coefficient (Wildman–Crippen LogP) is 3.85. The summed E-state index contributed by atoms with van der Waals surface area (Å²) in [4.78, 5) is 13.4. The third-order valence-corrected chi connectivity index (χ3v) is 6.46. The van der Waals surface area contributed by atoms with Crippen LogP contribution in [0, 0.1) is 0 Å². The molecule has 5 rings (SSSR count). The van der Waals surface area contributed by atoms with Crippen LogP contribution in [0.25, 0.3) is 16.9 Å². The van der Waals surface area contributed by atoms with Crippen LogP contribution in [0.1, 0.15) is 41.3 Å². The molecule has 4 aromatic rings. The Labute approximate surface area is 210 Å². The van der Waals surface area contributed by atoms with Gasteiger partial charge in [0.2, 0.25) is 0 Å². The van der Waals surface area contributed by atoms with Crippen molar-refractivity contribution in [2.75, 3.05) is 20.8 Å². The first kappa shape index (κ1) is 23.6. The van der Waals surface area contributed by atoms with Gasteiger partial charge in [-0.2, -0.15) is 5.10 Å². The van der Waals surface area contributed by atoms with Crippen molar-refractivity contribution in [3.8, 4) is 28.4 Å². The van der Waals surface area contributed by atoms with Crippen LogP contribution in [0.2, 0.25) is 0 Å². The first-order chi connectivity index (χ1) is 17.7. The number of aryl methyl sites for hydroxylation is 1. The SMILES string of the molecule is COc1ccc(-c2nn(-c3ccccc3)cc2C(=O)NCCc2nnc3n2CCCCC3)cc1OC. The highest BCUT2D eigenvalue weighted by Crippen LogP contribution is 2.33. The first-order valence-electron chi connectivity index (χ1n) is 12.2. The summed E-state index contributed by atoms with van der Waals surface area (Å²) < 4.78 is 14.8. The number of hydrogen-bond acceptors (Lipinski definition) is 6. The van der Waals surface area contributed by atoms with Crippen molar-refractivity contribution >= 4 is 5.91 Å². The van der Waals surface area contributed by atoms with E-state index in [2.05, 4.69) is 20.1 Å². The van der Waals surface area contributed by atoms with Crippen molar-refractivity contribution in [3.63, 3.8) is 0 Å². The highest BCUT2D eigenvalue weighted by molar-refractivity contribution is 6.00. The Hall–Kier alpha value is -4.14. The van der Waals surface area contributed by atoms with Gasteiger partial charge >= 0.3 is 0 Å². The molecule has 186 valence electrons. The number of amides is 1. The van der Waals surface area contributed by atoms with Crippen LogP contribution in [0.5, 0.6) is 11.5 Å². The minimum Gasteiger partial charge on any atom is -0.493 e. The van der Waals surface area contributed by atoms with Gasteiger partial charge in [0.15, 0.2) is 11.5 Å². The van der Waals surface area contributed by atoms with E-state index in [1.54, 1.807) is 25.1 Å². The summed E-state index contributed by atoms with van der Waals surface area (Å²) in [7, 11) is 3.18. The second-order valence-corrected chi connectivity index (χ2v) is 8.74. The Morgan fingerprint density at radius 3 is 2.64 bits per heavy atom. The molecule has 36 heavy (non-hydrogen) atoms. The van der Waals surface area contributed by atoms with Crippen LogP contribution in [0.4, 0.5) is 0 Å². The summed E-state index contributed by atoms with van der Waals surface area (Å²) in [6.07, 6.45) is 6.85. The zero-order chi connectivity index (χ0) is 24.9. The van der Waals surface area contributed by atoms with Gasteiger partial charge in [0, 0.05) is 37.7 Å². The highest BCUT2D eigenvalue weighted by Gasteiger charge is 2.21. The third-order valence-electron chi connectivity index (χ3n) is 6.46. The van der Waals surface area contributed by atoms with E-state index >= 15 is 0 Å². The van der Waals surface area contributed by atoms with Crippen molar-refractivity contribution in [2.24, 2.45) is 0 Å². The molecule has 0 radical (unpaired) electrons. The Balaban J connectivity index is 1.40. The number of methoxy groups -OCH3 is 2. The lowest BCUT2D eigenvalue weighted by atomic mass is 10.1. The van der Waals surface area contributed by atoms with Gasteiger partial charge in [0.1, 0.15) is 17.3 Å². The zero-order valence-corrected chi connectivity index (χ0v) is 20.6. The summed E-state index contributed by atoms with van der Waals surface area (Å²) >= 11 is 0. The number of rotatable bonds is 8. The van der Waals surface area contributed by atoms with E-state index in [0.29, 0.717) is 35.7 Å². The summed E-state index contributed by atoms with van der Waals surface area (Å²) in [5.74, 6) is 2.96. The Morgan fingerprint density at radius 2 is 1.83 bits per heavy atom. The van der Waals surface area contributed by atoms with Crippen LogP contribution < -0.4 is 14.8 Å². The van der Waals surface area contributed by atoms with E-state index in [0.717, 1.165) is 48.7 Å². The smallest absolute Gasteiger partial charge is 0.255 e. The fourth-order valence-corrected chi connectivity index (χ4v) is 4.56. The van der Waals surface area contributed by atoms with Gasteiger partial charge in [-0.25, -0.2) is 4.68 Å². The number of fused-ring (bicyclic) bond motifs is 1. The molecular formula is C27H30N6O3. The fraction of sp³-hybridized carbons (Fsp3) is 0.333. The number of nitrogens with zero attached hydrogens (tertiary/aromatic N) is 5. The minimum absolute atomic E-state index is 0.197. The van der Waals surface area contributed by atoms with E-state index < -0.39 is 0 Å². The van der Waals surface area contributed by atoms with E-state index in [9.17, 15) is 4.79 Å². The van der Waals surface area contributed by atoms with Gasteiger partial charge in [0.25, 0.3) is 5.91 Å². The molecule has 1 aliphatic heterocycles. The maximum Gasteiger partial charge on any atom is 0.255 e. The van der Waals surface area contributed by atoms with Crippen LogP contribution >= 0.6 is 0 Å². The average Bonchev–Trinajstić information content (AvgIpc) is 3.46. The van der Waals surface area contributed by atoms with Gasteiger partial charge in [-0.3, -0.25) is 4.79 Å². The van der Waals surface area contributed by atoms with Crippen LogP contribution in [0.15, 0.2) is 54.7 Å². The first-order valence-corrected chi connectivity index (χ1v) is 12.2. The molecular weight excluding hydrogens is 456 g/mol. The maximum absolute atomic E-state index is 13.4. The van der Waals surface area contributed by atoms with Gasteiger partial charge in [-0.1, -0.05) is 24.6 Å². The minimum atomic E-state index is -0.197. The quantitative estimate of drug-likeness (QED) is 0.407. The molecule has 0 fully saturated rings. The van der Waals surface area contributed by atoms with Crippen molar-refractivity contribution in [2.45, 2.75) is 38.6 Å². The molecule has 0 bridgehead atoms. The summed E-state index contributed by atoms with van der Waals surface area (Å²) in [6, 6.07) is 15.2. The third kappa shape index (κ3) is 4.82. The van der Waals surface area contributed by atoms with E-state index in [1.807, 2.05) is 48.5 Å². The number of benzene rings is 2. The number of nitrogens with one attached hydrogen (secondary N) is 1. The van der Waals surface area contributed by atoms with Gasteiger partial charge < -0.3 is 19.4 Å². The van der Waals surface area contributed by atoms with E-state index in [-0.39, 0.29) is 5.91 Å². The summed E-state index contributed by atoms with van der Waals surface area (Å²) in [5, 5.41) is 16.5. The topological polar surface area (TPSA) is 96.1 Å². The Morgan fingerprint density at radius 1 is 1.00 bits per heavy atom. The molecule has 0 unspecified atom stereocenters. The molecule has 1 aliphatic rings. The summed E-state index contributed by atoms with van der Waals surface area (Å²) in [5.41, 5.74) is 2.67. The highest BCUT2D eigenvalue weighted by atomic mass is 16.5. The van der Waals surface area contributed by atoms with E-state index in [4.69, 9.17) is 14.6 Å². The Bertz CT molecular complexity index is 1350. The molecule has 2 aromatic carbocycles. The molecule has 1 amide bonds. The summed E-state index contributed by atoms with van der Waals surface area (Å²) in [6.45, 7) is 1.40. The molecule has 0 saturated carbocycles. The lowest BCUT2D eigenvalue weighted by Crippen LogP contribution is -2.26. The number of hydrogen-bond donors (Lipinski definition) is 1. The van der Waals surface area contributed by atoms with Crippen molar-refractivity contribution in [3.05, 3.63) is 71.9 Å². The normalized spacial score (nSPS) is 13.1. The number of carbonyl (C=O) groups is 1. The average molecular weight is 487 g/mol. The number of carbonyl (C=O) groups excluding carboxylic acids is 1. The number of aromatic nitrogens is 5. The van der Waals surface area contributed by atoms with Crippen LogP contribution in [0.3, 0.4) is 0 Å². The molecule has 9 nitrogen and oxygen atoms in total. The molecule has 0 saturated heterocycles. The van der Waals surface area contributed by atoms with Crippen molar-refractivity contribution < 1.29 is 14.3 Å². The lowest BCUT2D eigenvalue weighted by molar-refractivity contribution is 0.0954. The fourth-order valence-electron chi connectivity index (χ4n) is 4.56. The number of ether oxygens (including phenoxy) is 2.